The predicted molar refractivity (Wildman–Crippen MR) is 62.2 cm³/mol. The zero-order valence-electron chi connectivity index (χ0n) is 10.4. The summed E-state index contributed by atoms with van der Waals surface area (Å²) < 4.78 is 9.74. The van der Waals surface area contributed by atoms with Crippen molar-refractivity contribution >= 4 is 5.97 Å². The Balaban J connectivity index is 2.21. The average molecular weight is 300 g/mol. The molecule has 1 fully saturated rings. The SMILES string of the molecule is O=C1OC(C(O)CO)C2(O)Oc3cc(O)cc(O)c3C12O. The number of benzene rings is 1. The van der Waals surface area contributed by atoms with Crippen LogP contribution >= 0.6 is 0 Å². The van der Waals surface area contributed by atoms with Gasteiger partial charge < -0.3 is 40.1 Å². The molecular weight excluding hydrogens is 288 g/mol. The zero-order valence-corrected chi connectivity index (χ0v) is 10.4. The van der Waals surface area contributed by atoms with Gasteiger partial charge in [0.1, 0.15) is 23.4 Å². The fourth-order valence-corrected chi connectivity index (χ4v) is 2.68. The number of ether oxygens (including phenoxy) is 2. The molecule has 21 heavy (non-hydrogen) atoms. The van der Waals surface area contributed by atoms with Crippen molar-refractivity contribution in [1.29, 1.82) is 0 Å². The van der Waals surface area contributed by atoms with Gasteiger partial charge in [0, 0.05) is 12.1 Å². The van der Waals surface area contributed by atoms with Gasteiger partial charge in [-0.3, -0.25) is 0 Å². The van der Waals surface area contributed by atoms with Crippen molar-refractivity contribution in [2.45, 2.75) is 23.6 Å². The first-order valence-electron chi connectivity index (χ1n) is 5.96. The summed E-state index contributed by atoms with van der Waals surface area (Å²) >= 11 is 0. The van der Waals surface area contributed by atoms with E-state index in [1.165, 1.54) is 0 Å². The van der Waals surface area contributed by atoms with Crippen molar-refractivity contribution in [2.75, 3.05) is 6.61 Å². The summed E-state index contributed by atoms with van der Waals surface area (Å²) in [4.78, 5) is 11.9. The molecule has 3 rings (SSSR count). The summed E-state index contributed by atoms with van der Waals surface area (Å²) in [5.74, 6) is -5.57. The second kappa shape index (κ2) is 3.98. The average Bonchev–Trinajstić information content (AvgIpc) is 2.74. The molecule has 2 aliphatic heterocycles. The molecule has 9 nitrogen and oxygen atoms in total. The molecule has 114 valence electrons. The highest BCUT2D eigenvalue weighted by Crippen LogP contribution is 2.57. The van der Waals surface area contributed by atoms with Crippen molar-refractivity contribution < 1.29 is 44.9 Å². The number of esters is 1. The third kappa shape index (κ3) is 1.45. The van der Waals surface area contributed by atoms with E-state index in [0.29, 0.717) is 0 Å². The second-order valence-corrected chi connectivity index (χ2v) is 4.92. The molecule has 1 aromatic rings. The first-order chi connectivity index (χ1) is 9.75. The van der Waals surface area contributed by atoms with Crippen LogP contribution in [0, 0.1) is 0 Å². The Morgan fingerprint density at radius 3 is 2.57 bits per heavy atom. The monoisotopic (exact) mass is 300 g/mol. The predicted octanol–water partition coefficient (Wildman–Crippen LogP) is -2.36. The van der Waals surface area contributed by atoms with Gasteiger partial charge in [-0.2, -0.15) is 0 Å². The van der Waals surface area contributed by atoms with Gasteiger partial charge in [-0.25, -0.2) is 4.79 Å². The van der Waals surface area contributed by atoms with Gasteiger partial charge in [-0.1, -0.05) is 0 Å². The zero-order chi connectivity index (χ0) is 15.6. The van der Waals surface area contributed by atoms with E-state index in [2.05, 4.69) is 4.74 Å². The van der Waals surface area contributed by atoms with E-state index < -0.39 is 53.2 Å². The van der Waals surface area contributed by atoms with Gasteiger partial charge >= 0.3 is 5.97 Å². The fourth-order valence-electron chi connectivity index (χ4n) is 2.68. The number of phenolic OH excluding ortho intramolecular Hbond substituents is 2. The Bertz CT molecular complexity index is 629. The van der Waals surface area contributed by atoms with Gasteiger partial charge in [0.2, 0.25) is 0 Å². The molecule has 4 atom stereocenters. The van der Waals surface area contributed by atoms with Gasteiger partial charge in [-0.05, 0) is 0 Å². The lowest BCUT2D eigenvalue weighted by molar-refractivity contribution is -0.251. The van der Waals surface area contributed by atoms with Crippen molar-refractivity contribution in [2.24, 2.45) is 0 Å². The number of phenols is 2. The second-order valence-electron chi connectivity index (χ2n) is 4.92. The Kier molecular flexibility index (Phi) is 2.63. The van der Waals surface area contributed by atoms with Crippen LogP contribution < -0.4 is 4.74 Å². The Hall–Kier alpha value is -2.07. The lowest BCUT2D eigenvalue weighted by atomic mass is 9.85. The van der Waals surface area contributed by atoms with E-state index in [1.807, 2.05) is 0 Å². The van der Waals surface area contributed by atoms with Gasteiger partial charge in [0.25, 0.3) is 11.4 Å². The van der Waals surface area contributed by atoms with Gasteiger partial charge in [0.05, 0.1) is 12.2 Å². The van der Waals surface area contributed by atoms with E-state index in [0.717, 1.165) is 12.1 Å². The molecule has 0 bridgehead atoms. The number of cyclic esters (lactones) is 1. The summed E-state index contributed by atoms with van der Waals surface area (Å²) in [6.45, 7) is -0.868. The smallest absolute Gasteiger partial charge is 0.351 e. The van der Waals surface area contributed by atoms with Crippen LogP contribution in [0.5, 0.6) is 17.2 Å². The minimum Gasteiger partial charge on any atom is -0.508 e. The fraction of sp³-hybridized carbons (Fsp3) is 0.417. The lowest BCUT2D eigenvalue weighted by Gasteiger charge is -2.30. The molecule has 0 saturated carbocycles. The quantitative estimate of drug-likeness (QED) is 0.329. The number of carbonyl (C=O) groups excluding carboxylic acids is 1. The number of aromatic hydroxyl groups is 2. The molecule has 9 heteroatoms. The van der Waals surface area contributed by atoms with Crippen molar-refractivity contribution in [3.63, 3.8) is 0 Å². The molecule has 1 saturated heterocycles. The molecule has 4 unspecified atom stereocenters. The van der Waals surface area contributed by atoms with E-state index in [1.54, 1.807) is 0 Å². The normalized spacial score (nSPS) is 34.9. The molecule has 0 spiro atoms. The molecule has 0 radical (unpaired) electrons. The number of hydrogen-bond donors (Lipinski definition) is 6. The van der Waals surface area contributed by atoms with E-state index in [-0.39, 0.29) is 5.75 Å². The highest BCUT2D eigenvalue weighted by molar-refractivity contribution is 5.89. The molecule has 2 heterocycles. The number of rotatable bonds is 2. The van der Waals surface area contributed by atoms with E-state index >= 15 is 0 Å². The third-order valence-corrected chi connectivity index (χ3v) is 3.66. The van der Waals surface area contributed by atoms with Crippen LogP contribution in [0.2, 0.25) is 0 Å². The molecule has 1 aromatic carbocycles. The van der Waals surface area contributed by atoms with Crippen LogP contribution in [0.15, 0.2) is 12.1 Å². The first kappa shape index (κ1) is 13.9. The van der Waals surface area contributed by atoms with Crippen LogP contribution in [0.3, 0.4) is 0 Å². The maximum absolute atomic E-state index is 11.9. The molecule has 2 aliphatic rings. The van der Waals surface area contributed by atoms with Gasteiger partial charge in [0.15, 0.2) is 6.10 Å². The maximum Gasteiger partial charge on any atom is 0.351 e. The molecule has 0 aliphatic carbocycles. The lowest BCUT2D eigenvalue weighted by Crippen LogP contribution is -2.59. The van der Waals surface area contributed by atoms with Crippen LogP contribution in [-0.4, -0.2) is 61.2 Å². The number of fused-ring (bicyclic) bond motifs is 3. The van der Waals surface area contributed by atoms with Crippen LogP contribution in [0.1, 0.15) is 5.56 Å². The van der Waals surface area contributed by atoms with Gasteiger partial charge in [-0.15, -0.1) is 0 Å². The number of carbonyl (C=O) groups is 1. The molecule has 0 amide bonds. The van der Waals surface area contributed by atoms with E-state index in [4.69, 9.17) is 9.84 Å². The minimum absolute atomic E-state index is 0.343. The van der Waals surface area contributed by atoms with Crippen LogP contribution in [-0.2, 0) is 15.1 Å². The molecular formula is C12H12O9. The summed E-state index contributed by atoms with van der Waals surface area (Å²) in [5, 5.41) is 58.7. The highest BCUT2D eigenvalue weighted by atomic mass is 16.7. The van der Waals surface area contributed by atoms with Crippen molar-refractivity contribution in [3.8, 4) is 17.2 Å². The van der Waals surface area contributed by atoms with Crippen molar-refractivity contribution in [1.82, 2.24) is 0 Å². The Morgan fingerprint density at radius 1 is 1.29 bits per heavy atom. The standard InChI is InChI=1S/C12H12O9/c13-3-6(16)9-12(19)11(18,10(17)20-9)8-5(15)1-4(14)2-7(8)21-12/h1-2,6,9,13-16,18-19H,3H2. The van der Waals surface area contributed by atoms with E-state index in [9.17, 15) is 30.3 Å². The molecule has 6 N–H and O–H groups in total. The number of aliphatic hydroxyl groups is 4. The topological polar surface area (TPSA) is 157 Å². The van der Waals surface area contributed by atoms with Crippen LogP contribution in [0.25, 0.3) is 0 Å². The summed E-state index contributed by atoms with van der Waals surface area (Å²) in [7, 11) is 0. The summed E-state index contributed by atoms with van der Waals surface area (Å²) in [6.07, 6.45) is -3.51. The minimum atomic E-state index is -2.79. The Labute approximate surface area is 117 Å². The summed E-state index contributed by atoms with van der Waals surface area (Å²) in [5.41, 5.74) is -3.28. The first-order valence-corrected chi connectivity index (χ1v) is 5.96. The third-order valence-electron chi connectivity index (χ3n) is 3.66. The number of aliphatic hydroxyl groups excluding tert-OH is 2. The maximum atomic E-state index is 11.9. The highest BCUT2D eigenvalue weighted by Gasteiger charge is 2.77. The largest absolute Gasteiger partial charge is 0.508 e. The van der Waals surface area contributed by atoms with Crippen molar-refractivity contribution in [3.05, 3.63) is 17.7 Å². The Morgan fingerprint density at radius 2 is 1.95 bits per heavy atom. The summed E-state index contributed by atoms with van der Waals surface area (Å²) in [6, 6.07) is 1.81. The van der Waals surface area contributed by atoms with Crippen LogP contribution in [0.4, 0.5) is 0 Å². The number of hydrogen-bond acceptors (Lipinski definition) is 9. The molecule has 0 aromatic heterocycles.